The standard InChI is InChI=1S/C16H15F3N2O4/c1-24-12-3-2-4-13(10-12)25-8-7-20-15-6-5-11(21(22)23)9-14(15)16(17,18)19/h2-6,9-10,20H,7-8H2,1H3. The summed E-state index contributed by atoms with van der Waals surface area (Å²) in [7, 11) is 1.51. The van der Waals surface area contributed by atoms with Gasteiger partial charge in [-0.05, 0) is 18.2 Å². The molecule has 0 amide bonds. The van der Waals surface area contributed by atoms with Crippen LogP contribution >= 0.6 is 0 Å². The fraction of sp³-hybridized carbons (Fsp3) is 0.250. The highest BCUT2D eigenvalue weighted by Crippen LogP contribution is 2.37. The van der Waals surface area contributed by atoms with Crippen molar-refractivity contribution in [2.75, 3.05) is 25.6 Å². The van der Waals surface area contributed by atoms with Gasteiger partial charge >= 0.3 is 6.18 Å². The first-order valence-electron chi connectivity index (χ1n) is 7.17. The normalized spacial score (nSPS) is 11.0. The summed E-state index contributed by atoms with van der Waals surface area (Å²) in [4.78, 5) is 9.78. The highest BCUT2D eigenvalue weighted by atomic mass is 19.4. The number of methoxy groups -OCH3 is 1. The van der Waals surface area contributed by atoms with Crippen LogP contribution in [0.1, 0.15) is 5.56 Å². The molecule has 0 fully saturated rings. The number of alkyl halides is 3. The number of nitrogens with zero attached hydrogens (tertiary/aromatic N) is 1. The van der Waals surface area contributed by atoms with Crippen LogP contribution in [0.4, 0.5) is 24.5 Å². The van der Waals surface area contributed by atoms with Crippen LogP contribution in [-0.2, 0) is 6.18 Å². The highest BCUT2D eigenvalue weighted by Gasteiger charge is 2.35. The van der Waals surface area contributed by atoms with Gasteiger partial charge in [0.05, 0.1) is 17.6 Å². The van der Waals surface area contributed by atoms with Crippen LogP contribution in [0.15, 0.2) is 42.5 Å². The van der Waals surface area contributed by atoms with Crippen molar-refractivity contribution in [3.8, 4) is 11.5 Å². The van der Waals surface area contributed by atoms with E-state index in [-0.39, 0.29) is 18.8 Å². The number of nitrogens with one attached hydrogen (secondary N) is 1. The van der Waals surface area contributed by atoms with E-state index in [0.29, 0.717) is 17.6 Å². The van der Waals surface area contributed by atoms with Crippen LogP contribution in [0.5, 0.6) is 11.5 Å². The lowest BCUT2D eigenvalue weighted by atomic mass is 10.1. The predicted octanol–water partition coefficient (Wildman–Crippen LogP) is 4.11. The molecule has 0 bridgehead atoms. The van der Waals surface area contributed by atoms with Crippen LogP contribution in [0.25, 0.3) is 0 Å². The maximum Gasteiger partial charge on any atom is 0.418 e. The maximum absolute atomic E-state index is 13.0. The SMILES string of the molecule is COc1cccc(OCCNc2ccc([N+](=O)[O-])cc2C(F)(F)F)c1. The second-order valence-electron chi connectivity index (χ2n) is 4.94. The van der Waals surface area contributed by atoms with Crippen molar-refractivity contribution in [2.24, 2.45) is 0 Å². The van der Waals surface area contributed by atoms with Crippen LogP contribution in [0.2, 0.25) is 0 Å². The monoisotopic (exact) mass is 356 g/mol. The summed E-state index contributed by atoms with van der Waals surface area (Å²) in [6.07, 6.45) is -4.71. The van der Waals surface area contributed by atoms with E-state index < -0.39 is 22.4 Å². The van der Waals surface area contributed by atoms with E-state index in [2.05, 4.69) is 5.32 Å². The Morgan fingerprint density at radius 1 is 1.16 bits per heavy atom. The smallest absolute Gasteiger partial charge is 0.418 e. The number of hydrogen-bond acceptors (Lipinski definition) is 5. The molecule has 2 aromatic rings. The van der Waals surface area contributed by atoms with E-state index in [9.17, 15) is 23.3 Å². The topological polar surface area (TPSA) is 73.6 Å². The zero-order valence-corrected chi connectivity index (χ0v) is 13.2. The molecule has 134 valence electrons. The molecule has 1 N–H and O–H groups in total. The quantitative estimate of drug-likeness (QED) is 0.459. The van der Waals surface area contributed by atoms with Crippen molar-refractivity contribution in [2.45, 2.75) is 6.18 Å². The highest BCUT2D eigenvalue weighted by molar-refractivity contribution is 5.57. The number of rotatable bonds is 7. The van der Waals surface area contributed by atoms with Gasteiger partial charge in [-0.3, -0.25) is 10.1 Å². The third-order valence-corrected chi connectivity index (χ3v) is 3.25. The summed E-state index contributed by atoms with van der Waals surface area (Å²) >= 11 is 0. The number of ether oxygens (including phenoxy) is 2. The summed E-state index contributed by atoms with van der Waals surface area (Å²) < 4.78 is 49.6. The van der Waals surface area contributed by atoms with Gasteiger partial charge in [0.1, 0.15) is 18.1 Å². The Morgan fingerprint density at radius 3 is 2.52 bits per heavy atom. The Morgan fingerprint density at radius 2 is 1.88 bits per heavy atom. The predicted molar refractivity (Wildman–Crippen MR) is 85.1 cm³/mol. The van der Waals surface area contributed by atoms with Gasteiger partial charge in [0.15, 0.2) is 0 Å². The molecular weight excluding hydrogens is 341 g/mol. The van der Waals surface area contributed by atoms with Crippen molar-refractivity contribution >= 4 is 11.4 Å². The average Bonchev–Trinajstić information content (AvgIpc) is 2.58. The number of non-ortho nitro benzene ring substituents is 1. The van der Waals surface area contributed by atoms with Gasteiger partial charge in [-0.1, -0.05) is 6.07 Å². The largest absolute Gasteiger partial charge is 0.497 e. The lowest BCUT2D eigenvalue weighted by molar-refractivity contribution is -0.385. The van der Waals surface area contributed by atoms with Gasteiger partial charge in [-0.25, -0.2) is 0 Å². The molecule has 0 unspecified atom stereocenters. The second kappa shape index (κ2) is 7.73. The van der Waals surface area contributed by atoms with E-state index >= 15 is 0 Å². The third kappa shape index (κ3) is 5.00. The molecule has 0 spiro atoms. The van der Waals surface area contributed by atoms with E-state index in [0.717, 1.165) is 12.1 Å². The second-order valence-corrected chi connectivity index (χ2v) is 4.94. The van der Waals surface area contributed by atoms with Gasteiger partial charge in [0, 0.05) is 30.4 Å². The first-order chi connectivity index (χ1) is 11.8. The van der Waals surface area contributed by atoms with E-state index in [1.165, 1.54) is 7.11 Å². The van der Waals surface area contributed by atoms with Crippen LogP contribution in [0.3, 0.4) is 0 Å². The van der Waals surface area contributed by atoms with Crippen LogP contribution in [-0.4, -0.2) is 25.2 Å². The van der Waals surface area contributed by atoms with Crippen LogP contribution < -0.4 is 14.8 Å². The molecule has 0 heterocycles. The first-order valence-corrected chi connectivity index (χ1v) is 7.17. The molecule has 0 aromatic heterocycles. The summed E-state index contributed by atoms with van der Waals surface area (Å²) in [5, 5.41) is 13.2. The Bertz CT molecular complexity index is 750. The zero-order valence-electron chi connectivity index (χ0n) is 13.2. The minimum Gasteiger partial charge on any atom is -0.497 e. The van der Waals surface area contributed by atoms with Crippen molar-refractivity contribution < 1.29 is 27.6 Å². The Balaban J connectivity index is 2.01. The molecule has 0 aliphatic heterocycles. The Hall–Kier alpha value is -2.97. The number of benzene rings is 2. The molecule has 2 rings (SSSR count). The lowest BCUT2D eigenvalue weighted by Gasteiger charge is -2.15. The molecule has 0 atom stereocenters. The summed E-state index contributed by atoms with van der Waals surface area (Å²) in [5.74, 6) is 1.11. The number of nitro benzene ring substituents is 1. The number of halogens is 3. The van der Waals surface area contributed by atoms with Crippen LogP contribution in [0, 0.1) is 10.1 Å². The molecule has 0 aliphatic rings. The number of nitro groups is 1. The molecule has 25 heavy (non-hydrogen) atoms. The van der Waals surface area contributed by atoms with E-state index in [1.807, 2.05) is 0 Å². The third-order valence-electron chi connectivity index (χ3n) is 3.25. The first kappa shape index (κ1) is 18.4. The fourth-order valence-corrected chi connectivity index (χ4v) is 2.08. The van der Waals surface area contributed by atoms with Crippen molar-refractivity contribution in [3.05, 3.63) is 58.1 Å². The van der Waals surface area contributed by atoms with Gasteiger partial charge in [0.25, 0.3) is 5.69 Å². The average molecular weight is 356 g/mol. The molecular formula is C16H15F3N2O4. The van der Waals surface area contributed by atoms with E-state index in [4.69, 9.17) is 9.47 Å². The maximum atomic E-state index is 13.0. The minimum atomic E-state index is -4.71. The van der Waals surface area contributed by atoms with Crippen molar-refractivity contribution in [3.63, 3.8) is 0 Å². The zero-order chi connectivity index (χ0) is 18.4. The van der Waals surface area contributed by atoms with E-state index in [1.54, 1.807) is 24.3 Å². The molecule has 0 saturated carbocycles. The number of hydrogen-bond donors (Lipinski definition) is 1. The molecule has 6 nitrogen and oxygen atoms in total. The van der Waals surface area contributed by atoms with Gasteiger partial charge in [-0.2, -0.15) is 13.2 Å². The van der Waals surface area contributed by atoms with Gasteiger partial charge in [0.2, 0.25) is 0 Å². The van der Waals surface area contributed by atoms with Crippen molar-refractivity contribution in [1.82, 2.24) is 0 Å². The molecule has 0 radical (unpaired) electrons. The molecule has 2 aromatic carbocycles. The van der Waals surface area contributed by atoms with Crippen molar-refractivity contribution in [1.29, 1.82) is 0 Å². The number of anilines is 1. The fourth-order valence-electron chi connectivity index (χ4n) is 2.08. The molecule has 0 aliphatic carbocycles. The Kier molecular flexibility index (Phi) is 5.68. The van der Waals surface area contributed by atoms with Gasteiger partial charge in [-0.15, -0.1) is 0 Å². The van der Waals surface area contributed by atoms with Gasteiger partial charge < -0.3 is 14.8 Å². The summed E-state index contributed by atoms with van der Waals surface area (Å²) in [6.45, 7) is 0.180. The minimum absolute atomic E-state index is 0.0814. The summed E-state index contributed by atoms with van der Waals surface area (Å²) in [5.41, 5.74) is -1.96. The molecule has 0 saturated heterocycles. The molecule has 9 heteroatoms. The lowest BCUT2D eigenvalue weighted by Crippen LogP contribution is -2.16. The Labute approximate surface area is 141 Å². The summed E-state index contributed by atoms with van der Waals surface area (Å²) in [6, 6.07) is 9.35.